The molecule has 2 heterocycles. The summed E-state index contributed by atoms with van der Waals surface area (Å²) >= 11 is 0. The summed E-state index contributed by atoms with van der Waals surface area (Å²) in [4.78, 5) is 14.8. The third kappa shape index (κ3) is 4.77. The number of methoxy groups -OCH3 is 2. The Morgan fingerprint density at radius 3 is 2.39 bits per heavy atom. The van der Waals surface area contributed by atoms with Crippen molar-refractivity contribution in [1.29, 1.82) is 0 Å². The quantitative estimate of drug-likeness (QED) is 0.631. The van der Waals surface area contributed by atoms with Gasteiger partial charge in [0.15, 0.2) is 5.82 Å². The summed E-state index contributed by atoms with van der Waals surface area (Å²) in [6, 6.07) is 16.9. The Balaban J connectivity index is 1.39. The molecule has 1 amide bonds. The summed E-state index contributed by atoms with van der Waals surface area (Å²) in [5, 5.41) is 11.7. The van der Waals surface area contributed by atoms with E-state index in [2.05, 4.69) is 20.4 Å². The molecule has 1 N–H and O–H groups in total. The maximum Gasteiger partial charge on any atom is 0.251 e. The Labute approximate surface area is 182 Å². The van der Waals surface area contributed by atoms with Crippen LogP contribution < -0.4 is 19.7 Å². The number of anilines is 1. The number of benzene rings is 2. The fourth-order valence-corrected chi connectivity index (χ4v) is 3.66. The van der Waals surface area contributed by atoms with Crippen LogP contribution in [0.5, 0.6) is 11.5 Å². The van der Waals surface area contributed by atoms with Crippen molar-refractivity contribution >= 4 is 11.7 Å². The minimum atomic E-state index is -0.153. The van der Waals surface area contributed by atoms with Gasteiger partial charge in [-0.3, -0.25) is 4.79 Å². The van der Waals surface area contributed by atoms with Crippen molar-refractivity contribution in [1.82, 2.24) is 15.5 Å². The minimum absolute atomic E-state index is 0.153. The molecule has 0 atom stereocenters. The van der Waals surface area contributed by atoms with E-state index in [1.54, 1.807) is 32.4 Å². The maximum absolute atomic E-state index is 12.6. The first-order valence-corrected chi connectivity index (χ1v) is 10.4. The zero-order chi connectivity index (χ0) is 21.6. The van der Waals surface area contributed by atoms with Gasteiger partial charge in [-0.05, 0) is 49.2 Å². The molecule has 7 nitrogen and oxygen atoms in total. The SMILES string of the molecule is COc1ccc(CNC(=O)c2ccc(-c3ccc(N4CCCC4)nn3)cc2)c(OC)c1. The summed E-state index contributed by atoms with van der Waals surface area (Å²) < 4.78 is 10.6. The number of rotatable bonds is 7. The smallest absolute Gasteiger partial charge is 0.251 e. The van der Waals surface area contributed by atoms with Crippen molar-refractivity contribution < 1.29 is 14.3 Å². The second-order valence-corrected chi connectivity index (χ2v) is 7.41. The average molecular weight is 418 g/mol. The van der Waals surface area contributed by atoms with Crippen LogP contribution in [0.4, 0.5) is 5.82 Å². The van der Waals surface area contributed by atoms with Crippen LogP contribution in [-0.2, 0) is 6.54 Å². The van der Waals surface area contributed by atoms with Crippen LogP contribution >= 0.6 is 0 Å². The lowest BCUT2D eigenvalue weighted by Crippen LogP contribution is -2.23. The van der Waals surface area contributed by atoms with Gasteiger partial charge >= 0.3 is 0 Å². The number of carbonyl (C=O) groups is 1. The lowest BCUT2D eigenvalue weighted by Gasteiger charge is -2.15. The molecule has 1 saturated heterocycles. The van der Waals surface area contributed by atoms with E-state index < -0.39 is 0 Å². The van der Waals surface area contributed by atoms with Crippen molar-refractivity contribution in [3.05, 3.63) is 65.7 Å². The van der Waals surface area contributed by atoms with E-state index in [4.69, 9.17) is 9.47 Å². The molecule has 0 bridgehead atoms. The van der Waals surface area contributed by atoms with E-state index in [0.717, 1.165) is 35.7 Å². The molecule has 1 aliphatic heterocycles. The molecule has 3 aromatic rings. The second kappa shape index (κ2) is 9.47. The zero-order valence-electron chi connectivity index (χ0n) is 17.8. The molecular weight excluding hydrogens is 392 g/mol. The Morgan fingerprint density at radius 2 is 1.74 bits per heavy atom. The summed E-state index contributed by atoms with van der Waals surface area (Å²) in [5.74, 6) is 2.15. The fourth-order valence-electron chi connectivity index (χ4n) is 3.66. The summed E-state index contributed by atoms with van der Waals surface area (Å²) in [5.41, 5.74) is 3.17. The molecule has 0 spiro atoms. The van der Waals surface area contributed by atoms with Crippen molar-refractivity contribution in [3.63, 3.8) is 0 Å². The molecule has 2 aromatic carbocycles. The highest BCUT2D eigenvalue weighted by atomic mass is 16.5. The summed E-state index contributed by atoms with van der Waals surface area (Å²) in [6.07, 6.45) is 2.41. The number of hydrogen-bond donors (Lipinski definition) is 1. The molecule has 0 radical (unpaired) electrons. The molecule has 0 saturated carbocycles. The number of nitrogens with zero attached hydrogens (tertiary/aromatic N) is 3. The van der Waals surface area contributed by atoms with Crippen molar-refractivity contribution in [2.75, 3.05) is 32.2 Å². The highest BCUT2D eigenvalue weighted by Gasteiger charge is 2.14. The Morgan fingerprint density at radius 1 is 0.968 bits per heavy atom. The van der Waals surface area contributed by atoms with E-state index in [1.807, 2.05) is 36.4 Å². The second-order valence-electron chi connectivity index (χ2n) is 7.41. The minimum Gasteiger partial charge on any atom is -0.497 e. The number of hydrogen-bond acceptors (Lipinski definition) is 6. The first kappa shape index (κ1) is 20.7. The lowest BCUT2D eigenvalue weighted by molar-refractivity contribution is 0.0950. The molecule has 1 aliphatic rings. The van der Waals surface area contributed by atoms with Gasteiger partial charge in [0, 0.05) is 42.4 Å². The standard InChI is InChI=1S/C24H26N4O3/c1-30-20-10-9-19(22(15-20)31-2)16-25-24(29)18-7-5-17(6-8-18)21-11-12-23(27-26-21)28-13-3-4-14-28/h5-12,15H,3-4,13-14,16H2,1-2H3,(H,25,29). The normalized spacial score (nSPS) is 13.2. The molecule has 4 rings (SSSR count). The summed E-state index contributed by atoms with van der Waals surface area (Å²) in [7, 11) is 3.20. The molecule has 1 fully saturated rings. The van der Waals surface area contributed by atoms with E-state index in [0.29, 0.717) is 23.6 Å². The summed E-state index contributed by atoms with van der Waals surface area (Å²) in [6.45, 7) is 2.44. The third-order valence-corrected chi connectivity index (χ3v) is 5.46. The van der Waals surface area contributed by atoms with E-state index in [9.17, 15) is 4.79 Å². The predicted octanol–water partition coefficient (Wildman–Crippen LogP) is 3.69. The lowest BCUT2D eigenvalue weighted by atomic mass is 10.1. The molecule has 31 heavy (non-hydrogen) atoms. The number of aromatic nitrogens is 2. The molecule has 7 heteroatoms. The van der Waals surface area contributed by atoms with E-state index in [-0.39, 0.29) is 5.91 Å². The van der Waals surface area contributed by atoms with Crippen molar-refractivity contribution in [2.45, 2.75) is 19.4 Å². The van der Waals surface area contributed by atoms with Gasteiger partial charge in [-0.15, -0.1) is 10.2 Å². The van der Waals surface area contributed by atoms with Crippen molar-refractivity contribution in [2.24, 2.45) is 0 Å². The van der Waals surface area contributed by atoms with Gasteiger partial charge in [0.2, 0.25) is 0 Å². The van der Waals surface area contributed by atoms with Crippen LogP contribution in [0.3, 0.4) is 0 Å². The highest BCUT2D eigenvalue weighted by Crippen LogP contribution is 2.25. The molecular formula is C24H26N4O3. The first-order valence-electron chi connectivity index (χ1n) is 10.4. The van der Waals surface area contributed by atoms with Crippen LogP contribution in [-0.4, -0.2) is 43.4 Å². The van der Waals surface area contributed by atoms with Crippen LogP contribution in [0.15, 0.2) is 54.6 Å². The molecule has 1 aromatic heterocycles. The number of carbonyl (C=O) groups excluding carboxylic acids is 1. The number of nitrogens with one attached hydrogen (secondary N) is 1. The average Bonchev–Trinajstić information content (AvgIpc) is 3.37. The van der Waals surface area contributed by atoms with Crippen LogP contribution in [0.25, 0.3) is 11.3 Å². The molecule has 0 aliphatic carbocycles. The van der Waals surface area contributed by atoms with E-state index >= 15 is 0 Å². The van der Waals surface area contributed by atoms with Gasteiger partial charge in [0.1, 0.15) is 11.5 Å². The van der Waals surface area contributed by atoms with E-state index in [1.165, 1.54) is 12.8 Å². The predicted molar refractivity (Wildman–Crippen MR) is 120 cm³/mol. The van der Waals surface area contributed by atoms with Gasteiger partial charge in [0.05, 0.1) is 19.9 Å². The van der Waals surface area contributed by atoms with Crippen molar-refractivity contribution in [3.8, 4) is 22.8 Å². The van der Waals surface area contributed by atoms with Gasteiger partial charge in [-0.25, -0.2) is 0 Å². The third-order valence-electron chi connectivity index (χ3n) is 5.46. The highest BCUT2D eigenvalue weighted by molar-refractivity contribution is 5.94. The maximum atomic E-state index is 12.6. The van der Waals surface area contributed by atoms with Crippen LogP contribution in [0.1, 0.15) is 28.8 Å². The molecule has 160 valence electrons. The van der Waals surface area contributed by atoms with Gasteiger partial charge in [-0.2, -0.15) is 0 Å². The van der Waals surface area contributed by atoms with Gasteiger partial charge in [-0.1, -0.05) is 12.1 Å². The van der Waals surface area contributed by atoms with Gasteiger partial charge in [0.25, 0.3) is 5.91 Å². The van der Waals surface area contributed by atoms with Crippen LogP contribution in [0.2, 0.25) is 0 Å². The Bertz CT molecular complexity index is 1030. The Kier molecular flexibility index (Phi) is 6.31. The van der Waals surface area contributed by atoms with Gasteiger partial charge < -0.3 is 19.7 Å². The number of ether oxygens (including phenoxy) is 2. The Hall–Kier alpha value is -3.61. The largest absolute Gasteiger partial charge is 0.497 e. The number of amides is 1. The van der Waals surface area contributed by atoms with Crippen LogP contribution in [0, 0.1) is 0 Å². The zero-order valence-corrected chi connectivity index (χ0v) is 17.8. The fraction of sp³-hybridized carbons (Fsp3) is 0.292. The molecule has 0 unspecified atom stereocenters. The first-order chi connectivity index (χ1) is 15.2. The topological polar surface area (TPSA) is 76.6 Å². The monoisotopic (exact) mass is 418 g/mol.